The van der Waals surface area contributed by atoms with E-state index in [0.29, 0.717) is 0 Å². The molecule has 0 unspecified atom stereocenters. The molecule has 0 saturated heterocycles. The first kappa shape index (κ1) is 5.49. The molecule has 0 atom stereocenters. The van der Waals surface area contributed by atoms with Crippen molar-refractivity contribution in [3.8, 4) is 0 Å². The summed E-state index contributed by atoms with van der Waals surface area (Å²) in [6.07, 6.45) is 10.1. The van der Waals surface area contributed by atoms with Gasteiger partial charge in [0.1, 0.15) is 6.42 Å². The molecule has 42 valence electrons. The first-order valence-electron chi connectivity index (χ1n) is 3.06. The van der Waals surface area contributed by atoms with Gasteiger partial charge in [0.05, 0.1) is 12.8 Å². The summed E-state index contributed by atoms with van der Waals surface area (Å²) < 4.78 is 0. The van der Waals surface area contributed by atoms with Gasteiger partial charge in [-0.2, -0.15) is 0 Å². The second-order valence-electron chi connectivity index (χ2n) is 2.05. The molecule has 0 spiro atoms. The highest BCUT2D eigenvalue weighted by Crippen LogP contribution is 2.16. The lowest BCUT2D eigenvalue weighted by molar-refractivity contribution is 0.862. The lowest BCUT2D eigenvalue weighted by Gasteiger charge is -1.99. The van der Waals surface area contributed by atoms with Crippen LogP contribution in [0, 0.1) is 6.42 Å². The van der Waals surface area contributed by atoms with E-state index in [2.05, 4.69) is 19.1 Å². The van der Waals surface area contributed by atoms with Crippen molar-refractivity contribution in [3.05, 3.63) is 30.7 Å². The van der Waals surface area contributed by atoms with Crippen LogP contribution in [0.2, 0.25) is 0 Å². The average molecular weight is 107 g/mol. The Balaban J connectivity index is 2.49. The molecule has 0 heterocycles. The van der Waals surface area contributed by atoms with Crippen LogP contribution in [0.3, 0.4) is 0 Å². The zero-order chi connectivity index (χ0) is 5.82. The van der Waals surface area contributed by atoms with E-state index in [1.807, 2.05) is 6.08 Å². The SMILES string of the molecule is C=CC1=CC[CH+]CC1. The maximum absolute atomic E-state index is 3.70. The van der Waals surface area contributed by atoms with Crippen molar-refractivity contribution >= 4 is 0 Å². The highest BCUT2D eigenvalue weighted by atomic mass is 14.0. The van der Waals surface area contributed by atoms with E-state index in [0.717, 1.165) is 6.42 Å². The van der Waals surface area contributed by atoms with Crippen LogP contribution in [0.1, 0.15) is 19.3 Å². The third-order valence-corrected chi connectivity index (χ3v) is 1.45. The monoisotopic (exact) mass is 107 g/mol. The van der Waals surface area contributed by atoms with Crippen molar-refractivity contribution in [2.24, 2.45) is 0 Å². The molecule has 0 nitrogen and oxygen atoms in total. The fourth-order valence-corrected chi connectivity index (χ4v) is 0.909. The normalized spacial score (nSPS) is 18.8. The van der Waals surface area contributed by atoms with E-state index < -0.39 is 0 Å². The minimum Gasteiger partial charge on any atom is -0.0988 e. The largest absolute Gasteiger partial charge is 0.106 e. The van der Waals surface area contributed by atoms with Crippen LogP contribution in [-0.2, 0) is 0 Å². The van der Waals surface area contributed by atoms with Gasteiger partial charge < -0.3 is 0 Å². The van der Waals surface area contributed by atoms with E-state index in [9.17, 15) is 0 Å². The van der Waals surface area contributed by atoms with Gasteiger partial charge in [0.25, 0.3) is 0 Å². The molecule has 0 aromatic carbocycles. The predicted molar refractivity (Wildman–Crippen MR) is 36.4 cm³/mol. The fraction of sp³-hybridized carbons (Fsp3) is 0.375. The second-order valence-corrected chi connectivity index (χ2v) is 2.05. The summed E-state index contributed by atoms with van der Waals surface area (Å²) in [4.78, 5) is 0. The summed E-state index contributed by atoms with van der Waals surface area (Å²) in [7, 11) is 0. The van der Waals surface area contributed by atoms with Gasteiger partial charge in [0.2, 0.25) is 0 Å². The van der Waals surface area contributed by atoms with Crippen molar-refractivity contribution in [1.29, 1.82) is 0 Å². The summed E-state index contributed by atoms with van der Waals surface area (Å²) >= 11 is 0. The molecule has 1 aliphatic rings. The van der Waals surface area contributed by atoms with Gasteiger partial charge in [0, 0.05) is 6.42 Å². The van der Waals surface area contributed by atoms with Crippen molar-refractivity contribution in [1.82, 2.24) is 0 Å². The molecular formula is C8H11+. The Bertz CT molecular complexity index is 109. The van der Waals surface area contributed by atoms with E-state index in [4.69, 9.17) is 0 Å². The number of hydrogen-bond acceptors (Lipinski definition) is 0. The Labute approximate surface area is 50.9 Å². The van der Waals surface area contributed by atoms with Gasteiger partial charge in [0.15, 0.2) is 0 Å². The number of rotatable bonds is 1. The van der Waals surface area contributed by atoms with Crippen LogP contribution < -0.4 is 0 Å². The van der Waals surface area contributed by atoms with Gasteiger partial charge >= 0.3 is 0 Å². The van der Waals surface area contributed by atoms with Gasteiger partial charge in [-0.05, 0) is 11.6 Å². The predicted octanol–water partition coefficient (Wildman–Crippen LogP) is 2.49. The summed E-state index contributed by atoms with van der Waals surface area (Å²) in [5.41, 5.74) is 1.41. The highest BCUT2D eigenvalue weighted by Gasteiger charge is 2.04. The first-order chi connectivity index (χ1) is 3.93. The molecule has 0 amide bonds. The van der Waals surface area contributed by atoms with Gasteiger partial charge in [-0.15, -0.1) is 0 Å². The minimum absolute atomic E-state index is 1.14. The number of hydrogen-bond donors (Lipinski definition) is 0. The van der Waals surface area contributed by atoms with Gasteiger partial charge in [-0.1, -0.05) is 12.7 Å². The Kier molecular flexibility index (Phi) is 1.79. The molecule has 0 bridgehead atoms. The quantitative estimate of drug-likeness (QED) is 0.451. The van der Waals surface area contributed by atoms with E-state index in [-0.39, 0.29) is 0 Å². The highest BCUT2D eigenvalue weighted by molar-refractivity contribution is 5.19. The zero-order valence-corrected chi connectivity index (χ0v) is 5.06. The summed E-state index contributed by atoms with van der Waals surface area (Å²) in [5.74, 6) is 0. The standard InChI is InChI=1S/C8H11/c1-2-8-6-4-3-5-7-8/h2-3,6H,1,4-5,7H2/q+1. The smallest absolute Gasteiger partial charge is 0.0988 e. The second kappa shape index (κ2) is 2.61. The number of allylic oxidation sites excluding steroid dienone is 3. The third kappa shape index (κ3) is 1.16. The molecule has 0 fully saturated rings. The average Bonchev–Trinajstić information content (AvgIpc) is 1.90. The Morgan fingerprint density at radius 3 is 3.00 bits per heavy atom. The molecule has 0 aromatic heterocycles. The zero-order valence-electron chi connectivity index (χ0n) is 5.06. The maximum Gasteiger partial charge on any atom is 0.106 e. The Morgan fingerprint density at radius 2 is 2.62 bits per heavy atom. The minimum atomic E-state index is 1.14. The van der Waals surface area contributed by atoms with Crippen LogP contribution in [0.25, 0.3) is 0 Å². The van der Waals surface area contributed by atoms with Crippen molar-refractivity contribution in [2.75, 3.05) is 0 Å². The lowest BCUT2D eigenvalue weighted by atomic mass is 10.0. The third-order valence-electron chi connectivity index (χ3n) is 1.45. The van der Waals surface area contributed by atoms with Crippen LogP contribution >= 0.6 is 0 Å². The van der Waals surface area contributed by atoms with Crippen LogP contribution in [0.4, 0.5) is 0 Å². The molecule has 1 rings (SSSR count). The van der Waals surface area contributed by atoms with Crippen molar-refractivity contribution in [3.63, 3.8) is 0 Å². The molecular weight excluding hydrogens is 96.1 g/mol. The maximum atomic E-state index is 3.70. The van der Waals surface area contributed by atoms with Gasteiger partial charge in [-0.3, -0.25) is 0 Å². The lowest BCUT2D eigenvalue weighted by Crippen LogP contribution is -1.87. The van der Waals surface area contributed by atoms with Crippen LogP contribution in [0.15, 0.2) is 24.3 Å². The summed E-state index contributed by atoms with van der Waals surface area (Å²) in [6.45, 7) is 3.70. The Hall–Kier alpha value is -0.650. The molecule has 0 N–H and O–H groups in total. The molecule has 0 saturated carbocycles. The van der Waals surface area contributed by atoms with E-state index in [1.54, 1.807) is 0 Å². The van der Waals surface area contributed by atoms with E-state index in [1.165, 1.54) is 18.4 Å². The first-order valence-corrected chi connectivity index (χ1v) is 3.06. The van der Waals surface area contributed by atoms with Crippen LogP contribution in [0.5, 0.6) is 0 Å². The van der Waals surface area contributed by atoms with Crippen molar-refractivity contribution < 1.29 is 0 Å². The van der Waals surface area contributed by atoms with Gasteiger partial charge in [-0.25, -0.2) is 0 Å². The fourth-order valence-electron chi connectivity index (χ4n) is 0.909. The molecule has 0 aliphatic heterocycles. The molecule has 0 heteroatoms. The molecule has 0 aromatic rings. The molecule has 0 radical (unpaired) electrons. The molecule has 8 heavy (non-hydrogen) atoms. The summed E-state index contributed by atoms with van der Waals surface area (Å²) in [5, 5.41) is 0. The molecule has 1 aliphatic carbocycles. The van der Waals surface area contributed by atoms with Crippen molar-refractivity contribution in [2.45, 2.75) is 19.3 Å². The van der Waals surface area contributed by atoms with Crippen LogP contribution in [-0.4, -0.2) is 0 Å². The van der Waals surface area contributed by atoms with E-state index >= 15 is 0 Å². The Morgan fingerprint density at radius 1 is 1.75 bits per heavy atom. The topological polar surface area (TPSA) is 0 Å². The summed E-state index contributed by atoms with van der Waals surface area (Å²) in [6, 6.07) is 0.